The molecule has 9 heteroatoms. The van der Waals surface area contributed by atoms with Gasteiger partial charge in [-0.15, -0.1) is 0 Å². The molecular formula is C21H18F3N3O3. The van der Waals surface area contributed by atoms with E-state index >= 15 is 0 Å². The highest BCUT2D eigenvalue weighted by Crippen LogP contribution is 2.39. The van der Waals surface area contributed by atoms with Gasteiger partial charge in [-0.25, -0.2) is 0 Å². The van der Waals surface area contributed by atoms with E-state index in [-0.39, 0.29) is 35.7 Å². The van der Waals surface area contributed by atoms with Gasteiger partial charge in [0.1, 0.15) is 7.11 Å². The average molecular weight is 417 g/mol. The quantitative estimate of drug-likeness (QED) is 0.772. The molecule has 0 unspecified atom stereocenters. The Balaban J connectivity index is 1.92. The Hall–Kier alpha value is -3.38. The first-order chi connectivity index (χ1) is 14.3. The molecule has 0 spiro atoms. The van der Waals surface area contributed by atoms with Crippen molar-refractivity contribution in [3.05, 3.63) is 59.2 Å². The summed E-state index contributed by atoms with van der Waals surface area (Å²) < 4.78 is 40.6. The van der Waals surface area contributed by atoms with Crippen LogP contribution in [0.5, 0.6) is 0 Å². The van der Waals surface area contributed by atoms with Crippen molar-refractivity contribution in [2.45, 2.75) is 18.6 Å². The number of hydrogen-bond acceptors (Lipinski definition) is 5. The second kappa shape index (κ2) is 8.55. The summed E-state index contributed by atoms with van der Waals surface area (Å²) in [6.07, 6.45) is -4.32. The Morgan fingerprint density at radius 1 is 1.30 bits per heavy atom. The molecule has 1 aliphatic rings. The number of likely N-dealkylation sites (tertiary alicyclic amines) is 1. The van der Waals surface area contributed by atoms with E-state index in [0.717, 1.165) is 6.07 Å². The lowest BCUT2D eigenvalue weighted by atomic mass is 9.94. The number of halogens is 3. The maximum absolute atomic E-state index is 13.5. The monoisotopic (exact) mass is 417 g/mol. The zero-order valence-electron chi connectivity index (χ0n) is 16.0. The van der Waals surface area contributed by atoms with Crippen molar-refractivity contribution < 1.29 is 27.9 Å². The van der Waals surface area contributed by atoms with E-state index < -0.39 is 23.3 Å². The lowest BCUT2D eigenvalue weighted by Crippen LogP contribution is -2.37. The lowest BCUT2D eigenvalue weighted by Gasteiger charge is -2.22. The molecule has 3 rings (SSSR count). The number of nitriles is 1. The molecule has 1 atom stereocenters. The summed E-state index contributed by atoms with van der Waals surface area (Å²) in [5, 5.41) is 22.4. The van der Waals surface area contributed by atoms with Gasteiger partial charge in [0.15, 0.2) is 0 Å². The molecule has 0 aliphatic carbocycles. The molecule has 1 aliphatic heterocycles. The van der Waals surface area contributed by atoms with Gasteiger partial charge >= 0.3 is 6.18 Å². The fourth-order valence-electron chi connectivity index (χ4n) is 3.52. The van der Waals surface area contributed by atoms with E-state index in [1.54, 1.807) is 6.07 Å². The van der Waals surface area contributed by atoms with Crippen LogP contribution in [-0.2, 0) is 11.0 Å². The van der Waals surface area contributed by atoms with Crippen LogP contribution < -0.4 is 0 Å². The van der Waals surface area contributed by atoms with E-state index in [4.69, 9.17) is 10.1 Å². The lowest BCUT2D eigenvalue weighted by molar-refractivity contribution is -0.137. The summed E-state index contributed by atoms with van der Waals surface area (Å²) in [5.74, 6) is -0.372. The minimum atomic E-state index is -4.70. The van der Waals surface area contributed by atoms with Crippen LogP contribution in [0, 0.1) is 11.3 Å². The Kier molecular flexibility index (Phi) is 6.08. The molecule has 0 bridgehead atoms. The second-order valence-electron chi connectivity index (χ2n) is 6.73. The maximum Gasteiger partial charge on any atom is 0.418 e. The first kappa shape index (κ1) is 21.3. The van der Waals surface area contributed by atoms with Crippen molar-refractivity contribution in [2.75, 3.05) is 20.3 Å². The SMILES string of the molecule is CO/N=C1/C[C@@H](CO)N(C(=O)c2ccc(-c3cccc(C#N)c3C(F)(F)F)cc2)C1. The second-order valence-corrected chi connectivity index (χ2v) is 6.73. The molecule has 1 amide bonds. The number of aliphatic hydroxyl groups is 1. The summed E-state index contributed by atoms with van der Waals surface area (Å²) in [5.41, 5.74) is -0.493. The zero-order valence-corrected chi connectivity index (χ0v) is 16.0. The van der Waals surface area contributed by atoms with Crippen molar-refractivity contribution in [3.8, 4) is 17.2 Å². The molecule has 1 saturated heterocycles. The molecule has 30 heavy (non-hydrogen) atoms. The molecule has 156 valence electrons. The number of carbonyl (C=O) groups is 1. The molecule has 0 radical (unpaired) electrons. The Labute approximate surface area is 170 Å². The summed E-state index contributed by atoms with van der Waals surface area (Å²) in [6.45, 7) is -0.0511. The van der Waals surface area contributed by atoms with Crippen LogP contribution in [0.3, 0.4) is 0 Å². The normalized spacial score (nSPS) is 17.8. The van der Waals surface area contributed by atoms with Crippen molar-refractivity contribution in [1.29, 1.82) is 5.26 Å². The third-order valence-electron chi connectivity index (χ3n) is 4.87. The van der Waals surface area contributed by atoms with Crippen molar-refractivity contribution in [2.24, 2.45) is 5.16 Å². The number of oxime groups is 1. The summed E-state index contributed by atoms with van der Waals surface area (Å²) in [4.78, 5) is 19.0. The maximum atomic E-state index is 13.5. The first-order valence-electron chi connectivity index (χ1n) is 9.01. The number of aliphatic hydroxyl groups excluding tert-OH is 1. The third-order valence-corrected chi connectivity index (χ3v) is 4.87. The average Bonchev–Trinajstić information content (AvgIpc) is 3.15. The zero-order chi connectivity index (χ0) is 21.9. The van der Waals surface area contributed by atoms with E-state index in [9.17, 15) is 23.1 Å². The number of nitrogens with zero attached hydrogens (tertiary/aromatic N) is 3. The Bertz CT molecular complexity index is 1010. The standard InChI is InChI=1S/C21H18F3N3O3/c1-30-26-16-9-17(12-28)27(11-16)20(29)14-7-5-13(6-8-14)18-4-2-3-15(10-25)19(18)21(22,23)24/h2-8,17,28H,9,11-12H2,1H3/b26-16-/t17-/m0/s1. The first-order valence-corrected chi connectivity index (χ1v) is 9.01. The van der Waals surface area contributed by atoms with Crippen LogP contribution in [0.4, 0.5) is 13.2 Å². The molecule has 6 nitrogen and oxygen atoms in total. The van der Waals surface area contributed by atoms with E-state index in [2.05, 4.69) is 5.16 Å². The van der Waals surface area contributed by atoms with Crippen LogP contribution in [0.2, 0.25) is 0 Å². The fourth-order valence-corrected chi connectivity index (χ4v) is 3.52. The van der Waals surface area contributed by atoms with Gasteiger partial charge in [-0.1, -0.05) is 29.4 Å². The molecule has 1 fully saturated rings. The van der Waals surface area contributed by atoms with Gasteiger partial charge in [-0.05, 0) is 29.3 Å². The predicted molar refractivity (Wildman–Crippen MR) is 103 cm³/mol. The highest BCUT2D eigenvalue weighted by atomic mass is 19.4. The van der Waals surface area contributed by atoms with Gasteiger partial charge in [-0.3, -0.25) is 4.79 Å². The highest BCUT2D eigenvalue weighted by Gasteiger charge is 2.37. The van der Waals surface area contributed by atoms with Gasteiger partial charge in [0, 0.05) is 12.0 Å². The number of alkyl halides is 3. The molecule has 2 aromatic carbocycles. The van der Waals surface area contributed by atoms with Crippen molar-refractivity contribution >= 4 is 11.6 Å². The van der Waals surface area contributed by atoms with Gasteiger partial charge in [-0.2, -0.15) is 18.4 Å². The molecule has 1 N–H and O–H groups in total. The van der Waals surface area contributed by atoms with Crippen LogP contribution in [0.25, 0.3) is 11.1 Å². The number of carbonyl (C=O) groups excluding carboxylic acids is 1. The van der Waals surface area contributed by atoms with Crippen LogP contribution in [0.15, 0.2) is 47.6 Å². The number of hydrogen-bond donors (Lipinski definition) is 1. The van der Waals surface area contributed by atoms with E-state index in [0.29, 0.717) is 12.1 Å². The highest BCUT2D eigenvalue weighted by molar-refractivity contribution is 6.00. The van der Waals surface area contributed by atoms with Gasteiger partial charge in [0.25, 0.3) is 5.91 Å². The van der Waals surface area contributed by atoms with Crippen LogP contribution >= 0.6 is 0 Å². The Morgan fingerprint density at radius 3 is 2.57 bits per heavy atom. The summed E-state index contributed by atoms with van der Waals surface area (Å²) >= 11 is 0. The molecule has 2 aromatic rings. The summed E-state index contributed by atoms with van der Waals surface area (Å²) in [7, 11) is 1.39. The smallest absolute Gasteiger partial charge is 0.399 e. The van der Waals surface area contributed by atoms with E-state index in [1.807, 2.05) is 0 Å². The van der Waals surface area contributed by atoms with Gasteiger partial charge in [0.2, 0.25) is 0 Å². The molecule has 1 heterocycles. The predicted octanol–water partition coefficient (Wildman–Crippen LogP) is 3.45. The Morgan fingerprint density at radius 2 is 2.00 bits per heavy atom. The van der Waals surface area contributed by atoms with Crippen LogP contribution in [0.1, 0.15) is 27.9 Å². The minimum absolute atomic E-state index is 0.135. The minimum Gasteiger partial charge on any atom is -0.399 e. The van der Waals surface area contributed by atoms with Crippen molar-refractivity contribution in [1.82, 2.24) is 4.90 Å². The number of rotatable bonds is 4. The van der Waals surface area contributed by atoms with Crippen LogP contribution in [-0.4, -0.2) is 47.9 Å². The summed E-state index contributed by atoms with van der Waals surface area (Å²) in [6, 6.07) is 10.6. The van der Waals surface area contributed by atoms with Gasteiger partial charge < -0.3 is 14.8 Å². The molecule has 0 aromatic heterocycles. The third kappa shape index (κ3) is 4.14. The number of benzene rings is 2. The largest absolute Gasteiger partial charge is 0.418 e. The fraction of sp³-hybridized carbons (Fsp3) is 0.286. The van der Waals surface area contributed by atoms with Crippen molar-refractivity contribution in [3.63, 3.8) is 0 Å². The van der Waals surface area contributed by atoms with E-state index in [1.165, 1.54) is 48.4 Å². The number of amides is 1. The molecular weight excluding hydrogens is 399 g/mol. The van der Waals surface area contributed by atoms with Gasteiger partial charge in [0.05, 0.1) is 42.1 Å². The topological polar surface area (TPSA) is 85.9 Å². The molecule has 0 saturated carbocycles.